The van der Waals surface area contributed by atoms with Crippen LogP contribution in [0.15, 0.2) is 61.3 Å². The average molecular weight is 387 g/mol. The fourth-order valence-electron chi connectivity index (χ4n) is 4.00. The van der Waals surface area contributed by atoms with Gasteiger partial charge in [-0.05, 0) is 37.1 Å². The zero-order valence-electron chi connectivity index (χ0n) is 15.9. The summed E-state index contributed by atoms with van der Waals surface area (Å²) in [6, 6.07) is 11.6. The zero-order valence-corrected chi connectivity index (χ0v) is 15.9. The number of hydrogen-bond donors (Lipinski definition) is 0. The quantitative estimate of drug-likeness (QED) is 0.675. The lowest BCUT2D eigenvalue weighted by Crippen LogP contribution is -2.38. The second-order valence-corrected chi connectivity index (χ2v) is 7.46. The minimum Gasteiger partial charge on any atom is -0.483 e. The van der Waals surface area contributed by atoms with Crippen LogP contribution in [0.2, 0.25) is 0 Å². The van der Waals surface area contributed by atoms with E-state index in [1.807, 2.05) is 23.1 Å². The Labute approximate surface area is 168 Å². The number of pyridine rings is 1. The zero-order chi connectivity index (χ0) is 19.7. The molecule has 5 rings (SSSR count). The molecule has 0 aliphatic carbocycles. The van der Waals surface area contributed by atoms with Gasteiger partial charge >= 0.3 is 0 Å². The molecule has 0 radical (unpaired) electrons. The molecular formula is C22H21N5O2. The fourth-order valence-corrected chi connectivity index (χ4v) is 4.00. The van der Waals surface area contributed by atoms with Gasteiger partial charge in [-0.1, -0.05) is 24.3 Å². The summed E-state index contributed by atoms with van der Waals surface area (Å²) >= 11 is 0. The maximum atomic E-state index is 13.1. The van der Waals surface area contributed by atoms with Crippen molar-refractivity contribution < 1.29 is 9.53 Å². The van der Waals surface area contributed by atoms with E-state index in [9.17, 15) is 4.79 Å². The summed E-state index contributed by atoms with van der Waals surface area (Å²) in [5.41, 5.74) is 1.38. The SMILES string of the molecule is O=C(c1ccnc(-n2cnnc2)c1)N1CCC[C@@]2(C=Cc3ccccc3O2)CC1. The van der Waals surface area contributed by atoms with E-state index in [1.165, 1.54) is 0 Å². The van der Waals surface area contributed by atoms with Gasteiger partial charge in [0.1, 0.15) is 29.8 Å². The molecule has 1 fully saturated rings. The van der Waals surface area contributed by atoms with Gasteiger partial charge < -0.3 is 9.64 Å². The first kappa shape index (κ1) is 17.6. The number of amides is 1. The first-order chi connectivity index (χ1) is 14.2. The highest BCUT2D eigenvalue weighted by atomic mass is 16.5. The van der Waals surface area contributed by atoms with Crippen LogP contribution < -0.4 is 4.74 Å². The molecule has 2 aliphatic heterocycles. The largest absolute Gasteiger partial charge is 0.483 e. The van der Waals surface area contributed by atoms with E-state index < -0.39 is 0 Å². The topological polar surface area (TPSA) is 73.1 Å². The highest BCUT2D eigenvalue weighted by molar-refractivity contribution is 5.94. The molecule has 2 aliphatic rings. The van der Waals surface area contributed by atoms with Crippen LogP contribution in [-0.2, 0) is 0 Å². The Hall–Kier alpha value is -3.48. The van der Waals surface area contributed by atoms with Crippen LogP contribution in [0.5, 0.6) is 5.75 Å². The normalized spacial score (nSPS) is 20.8. The molecule has 2 aromatic heterocycles. The third-order valence-electron chi connectivity index (χ3n) is 5.59. The van der Waals surface area contributed by atoms with Crippen molar-refractivity contribution in [3.63, 3.8) is 0 Å². The molecule has 7 nitrogen and oxygen atoms in total. The summed E-state index contributed by atoms with van der Waals surface area (Å²) in [7, 11) is 0. The van der Waals surface area contributed by atoms with Crippen molar-refractivity contribution in [3.05, 3.63) is 72.5 Å². The molecule has 7 heteroatoms. The first-order valence-corrected chi connectivity index (χ1v) is 9.80. The van der Waals surface area contributed by atoms with Crippen LogP contribution in [0.25, 0.3) is 11.9 Å². The number of carbonyl (C=O) groups excluding carboxylic acids is 1. The lowest BCUT2D eigenvalue weighted by molar-refractivity contribution is 0.0730. The number of carbonyl (C=O) groups is 1. The molecule has 146 valence electrons. The molecule has 0 saturated carbocycles. The molecule has 1 amide bonds. The van der Waals surface area contributed by atoms with Crippen LogP contribution >= 0.6 is 0 Å². The second kappa shape index (κ2) is 7.16. The van der Waals surface area contributed by atoms with E-state index in [1.54, 1.807) is 35.6 Å². The lowest BCUT2D eigenvalue weighted by atomic mass is 9.91. The summed E-state index contributed by atoms with van der Waals surface area (Å²) in [5.74, 6) is 1.56. The maximum Gasteiger partial charge on any atom is 0.254 e. The molecule has 1 atom stereocenters. The lowest BCUT2D eigenvalue weighted by Gasteiger charge is -2.34. The Morgan fingerprint density at radius 2 is 1.93 bits per heavy atom. The van der Waals surface area contributed by atoms with Crippen molar-refractivity contribution in [2.24, 2.45) is 0 Å². The van der Waals surface area contributed by atoms with Gasteiger partial charge in [-0.15, -0.1) is 10.2 Å². The Morgan fingerprint density at radius 3 is 2.83 bits per heavy atom. The van der Waals surface area contributed by atoms with Gasteiger partial charge in [0.2, 0.25) is 0 Å². The molecule has 0 N–H and O–H groups in total. The van der Waals surface area contributed by atoms with Gasteiger partial charge in [-0.3, -0.25) is 9.36 Å². The van der Waals surface area contributed by atoms with Crippen LogP contribution in [-0.4, -0.2) is 49.2 Å². The number of likely N-dealkylation sites (tertiary alicyclic amines) is 1. The van der Waals surface area contributed by atoms with Crippen molar-refractivity contribution in [1.82, 2.24) is 24.6 Å². The molecule has 3 aromatic rings. The summed E-state index contributed by atoms with van der Waals surface area (Å²) in [6.45, 7) is 1.36. The van der Waals surface area contributed by atoms with Crippen molar-refractivity contribution in [3.8, 4) is 11.6 Å². The number of fused-ring (bicyclic) bond motifs is 1. The van der Waals surface area contributed by atoms with Crippen LogP contribution in [0.4, 0.5) is 0 Å². The van der Waals surface area contributed by atoms with Gasteiger partial charge in [0.05, 0.1) is 0 Å². The Kier molecular flexibility index (Phi) is 4.35. The average Bonchev–Trinajstić information content (AvgIpc) is 3.23. The highest BCUT2D eigenvalue weighted by Gasteiger charge is 2.35. The Morgan fingerprint density at radius 1 is 1.07 bits per heavy atom. The van der Waals surface area contributed by atoms with E-state index in [0.717, 1.165) is 30.6 Å². The van der Waals surface area contributed by atoms with Gasteiger partial charge in [0.25, 0.3) is 5.91 Å². The monoisotopic (exact) mass is 387 g/mol. The van der Waals surface area contributed by atoms with Crippen molar-refractivity contribution in [2.75, 3.05) is 13.1 Å². The third kappa shape index (κ3) is 3.40. The predicted molar refractivity (Wildman–Crippen MR) is 108 cm³/mol. The first-order valence-electron chi connectivity index (χ1n) is 9.80. The van der Waals surface area contributed by atoms with Crippen molar-refractivity contribution >= 4 is 12.0 Å². The molecular weight excluding hydrogens is 366 g/mol. The molecule has 1 aromatic carbocycles. The maximum absolute atomic E-state index is 13.1. The third-order valence-corrected chi connectivity index (χ3v) is 5.59. The predicted octanol–water partition coefficient (Wildman–Crippen LogP) is 3.13. The Balaban J connectivity index is 1.33. The molecule has 0 unspecified atom stereocenters. The molecule has 1 spiro atoms. The fraction of sp³-hybridized carbons (Fsp3) is 0.273. The van der Waals surface area contributed by atoms with Crippen LogP contribution in [0, 0.1) is 0 Å². The van der Waals surface area contributed by atoms with E-state index >= 15 is 0 Å². The van der Waals surface area contributed by atoms with Crippen LogP contribution in [0.1, 0.15) is 35.2 Å². The molecule has 1 saturated heterocycles. The Bertz CT molecular complexity index is 1060. The molecule has 29 heavy (non-hydrogen) atoms. The summed E-state index contributed by atoms with van der Waals surface area (Å²) in [5, 5.41) is 7.59. The number of para-hydroxylation sites is 1. The van der Waals surface area contributed by atoms with Crippen LogP contribution in [0.3, 0.4) is 0 Å². The minimum atomic E-state index is -0.338. The van der Waals surface area contributed by atoms with Crippen molar-refractivity contribution in [1.29, 1.82) is 0 Å². The number of aromatic nitrogens is 4. The highest BCUT2D eigenvalue weighted by Crippen LogP contribution is 2.37. The van der Waals surface area contributed by atoms with E-state index in [0.29, 0.717) is 24.5 Å². The number of ether oxygens (including phenoxy) is 1. The van der Waals surface area contributed by atoms with Crippen molar-refractivity contribution in [2.45, 2.75) is 24.9 Å². The standard InChI is InChI=1S/C22H21N5O2/c28-21(18-7-11-23-20(14-18)27-15-24-25-16-27)26-12-3-8-22(10-13-26)9-6-17-4-1-2-5-19(17)29-22/h1-2,4-7,9,11,14-16H,3,8,10,12-13H2/t22-/m1/s1. The smallest absolute Gasteiger partial charge is 0.254 e. The number of benzene rings is 1. The minimum absolute atomic E-state index is 0.0129. The van der Waals surface area contributed by atoms with Gasteiger partial charge in [-0.25, -0.2) is 4.98 Å². The van der Waals surface area contributed by atoms with Gasteiger partial charge in [0.15, 0.2) is 0 Å². The van der Waals surface area contributed by atoms with Gasteiger partial charge in [-0.2, -0.15) is 0 Å². The van der Waals surface area contributed by atoms with E-state index in [4.69, 9.17) is 4.74 Å². The summed E-state index contributed by atoms with van der Waals surface area (Å²) in [6.07, 6.45) is 11.6. The van der Waals surface area contributed by atoms with E-state index in [2.05, 4.69) is 33.4 Å². The molecule has 0 bridgehead atoms. The number of nitrogens with zero attached hydrogens (tertiary/aromatic N) is 5. The number of rotatable bonds is 2. The second-order valence-electron chi connectivity index (χ2n) is 7.46. The molecule has 4 heterocycles. The van der Waals surface area contributed by atoms with E-state index in [-0.39, 0.29) is 11.5 Å². The van der Waals surface area contributed by atoms with Gasteiger partial charge in [0, 0.05) is 36.8 Å². The summed E-state index contributed by atoms with van der Waals surface area (Å²) < 4.78 is 8.08. The summed E-state index contributed by atoms with van der Waals surface area (Å²) in [4.78, 5) is 19.4. The number of hydrogen-bond acceptors (Lipinski definition) is 5.